The maximum Gasteiger partial charge on any atom is 0.0487 e. The highest BCUT2D eigenvalue weighted by atomic mass is 15.1. The zero-order valence-corrected chi connectivity index (χ0v) is 28.2. The molecule has 2 nitrogen and oxygen atoms in total. The minimum Gasteiger partial charge on any atom is -0.345 e. The molecule has 2 heteroatoms. The van der Waals surface area contributed by atoms with Crippen molar-refractivity contribution in [3.8, 4) is 33.4 Å². The van der Waals surface area contributed by atoms with Gasteiger partial charge in [0, 0.05) is 36.3 Å². The third-order valence-corrected chi connectivity index (χ3v) is 9.62. The Morgan fingerprint density at radius 3 is 1.36 bits per heavy atom. The molecular formula is C48H38N2. The predicted octanol–water partition coefficient (Wildman–Crippen LogP) is 12.9. The van der Waals surface area contributed by atoms with Gasteiger partial charge in [0.25, 0.3) is 0 Å². The molecule has 0 aliphatic rings. The lowest BCUT2D eigenvalue weighted by Gasteiger charge is -2.26. The highest BCUT2D eigenvalue weighted by Crippen LogP contribution is 2.36. The van der Waals surface area contributed by atoms with Crippen LogP contribution in [-0.2, 0) is 6.54 Å². The molecule has 0 amide bonds. The summed E-state index contributed by atoms with van der Waals surface area (Å²) in [4.78, 5) is 4.63. The molecule has 0 atom stereocenters. The summed E-state index contributed by atoms with van der Waals surface area (Å²) >= 11 is 0. The average molecular weight is 643 g/mol. The van der Waals surface area contributed by atoms with Gasteiger partial charge in [-0.15, -0.1) is 0 Å². The molecule has 0 fully saturated rings. The van der Waals surface area contributed by atoms with Gasteiger partial charge >= 0.3 is 0 Å². The van der Waals surface area contributed by atoms with Gasteiger partial charge in [-0.25, -0.2) is 0 Å². The first-order valence-electron chi connectivity index (χ1n) is 17.2. The molecule has 0 radical (unpaired) electrons. The number of rotatable bonds is 9. The molecule has 0 bridgehead atoms. The first-order valence-corrected chi connectivity index (χ1v) is 17.2. The number of anilines is 4. The average Bonchev–Trinajstić information content (AvgIpc) is 3.21. The third kappa shape index (κ3) is 6.40. The molecule has 0 spiro atoms. The SMILES string of the molecule is CN(c1ccccc1)c1ccc(-c2cccc3c(CN(c4ccccc4)c4ccc(-c5ccc(-c6ccccc6)cc5)cc4)cccc23)cc1. The van der Waals surface area contributed by atoms with Crippen molar-refractivity contribution in [2.24, 2.45) is 0 Å². The molecule has 0 aliphatic carbocycles. The van der Waals surface area contributed by atoms with Gasteiger partial charge in [0.1, 0.15) is 0 Å². The standard InChI is InChI=1S/C48H38N2/c1-49(42-16-7-3-8-17-42)43-31-29-40(30-32-43)46-20-12-21-47-41(15-11-22-48(46)47)35-50(44-18-9-4-10-19-44)45-33-27-39(28-34-45)38-25-23-37(24-26-38)36-13-5-2-6-14-36/h2-34H,35H2,1H3. The Morgan fingerprint density at radius 1 is 0.320 bits per heavy atom. The van der Waals surface area contributed by atoms with Crippen molar-refractivity contribution in [1.29, 1.82) is 0 Å². The molecule has 0 heterocycles. The number of benzene rings is 8. The van der Waals surface area contributed by atoms with Gasteiger partial charge in [-0.3, -0.25) is 0 Å². The number of hydrogen-bond donors (Lipinski definition) is 0. The van der Waals surface area contributed by atoms with Gasteiger partial charge in [0.05, 0.1) is 0 Å². The maximum absolute atomic E-state index is 2.41. The van der Waals surface area contributed by atoms with Gasteiger partial charge in [0.15, 0.2) is 0 Å². The van der Waals surface area contributed by atoms with E-state index in [2.05, 4.69) is 217 Å². The van der Waals surface area contributed by atoms with Gasteiger partial charge < -0.3 is 9.80 Å². The highest BCUT2D eigenvalue weighted by Gasteiger charge is 2.14. The molecule has 0 aliphatic heterocycles. The van der Waals surface area contributed by atoms with Crippen molar-refractivity contribution >= 4 is 33.5 Å². The Morgan fingerprint density at radius 2 is 0.740 bits per heavy atom. The van der Waals surface area contributed by atoms with E-state index in [0.29, 0.717) is 0 Å². The quantitative estimate of drug-likeness (QED) is 0.155. The first-order chi connectivity index (χ1) is 24.7. The lowest BCUT2D eigenvalue weighted by atomic mass is 9.95. The van der Waals surface area contributed by atoms with Crippen LogP contribution in [0.5, 0.6) is 0 Å². The summed E-state index contributed by atoms with van der Waals surface area (Å²) in [6, 6.07) is 71.9. The summed E-state index contributed by atoms with van der Waals surface area (Å²) < 4.78 is 0. The Balaban J connectivity index is 1.09. The Labute approximate surface area is 295 Å². The molecule has 8 aromatic carbocycles. The van der Waals surface area contributed by atoms with E-state index in [1.807, 2.05) is 0 Å². The highest BCUT2D eigenvalue weighted by molar-refractivity contribution is 5.99. The lowest BCUT2D eigenvalue weighted by Crippen LogP contribution is -2.16. The van der Waals surface area contributed by atoms with Crippen molar-refractivity contribution in [2.45, 2.75) is 6.54 Å². The number of fused-ring (bicyclic) bond motifs is 1. The second kappa shape index (κ2) is 14.0. The number of para-hydroxylation sites is 2. The van der Waals surface area contributed by atoms with Crippen LogP contribution in [0, 0.1) is 0 Å². The molecule has 0 saturated carbocycles. The van der Waals surface area contributed by atoms with E-state index in [-0.39, 0.29) is 0 Å². The van der Waals surface area contributed by atoms with Crippen molar-refractivity contribution in [3.63, 3.8) is 0 Å². The molecule has 8 rings (SSSR count). The Hall–Kier alpha value is -6.38. The van der Waals surface area contributed by atoms with E-state index in [1.165, 1.54) is 61.1 Å². The van der Waals surface area contributed by atoms with Crippen LogP contribution in [0.15, 0.2) is 200 Å². The summed E-state index contributed by atoms with van der Waals surface area (Å²) in [5.74, 6) is 0. The Kier molecular flexibility index (Phi) is 8.66. The van der Waals surface area contributed by atoms with Crippen LogP contribution in [0.25, 0.3) is 44.2 Å². The second-order valence-corrected chi connectivity index (χ2v) is 12.7. The van der Waals surface area contributed by atoms with Gasteiger partial charge in [-0.05, 0) is 98.2 Å². The van der Waals surface area contributed by atoms with Crippen LogP contribution in [0.4, 0.5) is 22.7 Å². The fraction of sp³-hybridized carbons (Fsp3) is 0.0417. The van der Waals surface area contributed by atoms with E-state index in [9.17, 15) is 0 Å². The molecule has 50 heavy (non-hydrogen) atoms. The van der Waals surface area contributed by atoms with Crippen molar-refractivity contribution in [1.82, 2.24) is 0 Å². The monoisotopic (exact) mass is 642 g/mol. The number of nitrogens with zero attached hydrogens (tertiary/aromatic N) is 2. The predicted molar refractivity (Wildman–Crippen MR) is 213 cm³/mol. The smallest absolute Gasteiger partial charge is 0.0487 e. The first kappa shape index (κ1) is 30.9. The normalized spacial score (nSPS) is 11.0. The topological polar surface area (TPSA) is 6.48 Å². The molecule has 0 aromatic heterocycles. The summed E-state index contributed by atoms with van der Waals surface area (Å²) in [7, 11) is 2.11. The molecular weight excluding hydrogens is 605 g/mol. The summed E-state index contributed by atoms with van der Waals surface area (Å²) in [5.41, 5.74) is 13.3. The van der Waals surface area contributed by atoms with Crippen LogP contribution in [0.3, 0.4) is 0 Å². The summed E-state index contributed by atoms with van der Waals surface area (Å²) in [5, 5.41) is 2.53. The third-order valence-electron chi connectivity index (χ3n) is 9.62. The largest absolute Gasteiger partial charge is 0.345 e. The molecule has 8 aromatic rings. The zero-order valence-electron chi connectivity index (χ0n) is 28.2. The molecule has 0 unspecified atom stereocenters. The Bertz CT molecular complexity index is 2310. The molecule has 240 valence electrons. The van der Waals surface area contributed by atoms with Gasteiger partial charge in [0.2, 0.25) is 0 Å². The summed E-state index contributed by atoms with van der Waals surface area (Å²) in [6.45, 7) is 0.747. The van der Waals surface area contributed by atoms with Crippen LogP contribution < -0.4 is 9.80 Å². The lowest BCUT2D eigenvalue weighted by molar-refractivity contribution is 0.985. The molecule has 0 N–H and O–H groups in total. The van der Waals surface area contributed by atoms with E-state index < -0.39 is 0 Å². The van der Waals surface area contributed by atoms with E-state index in [0.717, 1.165) is 17.9 Å². The van der Waals surface area contributed by atoms with Crippen molar-refractivity contribution in [2.75, 3.05) is 16.8 Å². The van der Waals surface area contributed by atoms with Gasteiger partial charge in [-0.2, -0.15) is 0 Å². The van der Waals surface area contributed by atoms with Crippen molar-refractivity contribution in [3.05, 3.63) is 206 Å². The summed E-state index contributed by atoms with van der Waals surface area (Å²) in [6.07, 6.45) is 0. The fourth-order valence-corrected chi connectivity index (χ4v) is 6.86. The second-order valence-electron chi connectivity index (χ2n) is 12.7. The van der Waals surface area contributed by atoms with Gasteiger partial charge in [-0.1, -0.05) is 152 Å². The minimum atomic E-state index is 0.747. The van der Waals surface area contributed by atoms with E-state index in [1.54, 1.807) is 0 Å². The van der Waals surface area contributed by atoms with E-state index >= 15 is 0 Å². The van der Waals surface area contributed by atoms with Crippen LogP contribution in [0.1, 0.15) is 5.56 Å². The van der Waals surface area contributed by atoms with Crippen LogP contribution >= 0.6 is 0 Å². The minimum absolute atomic E-state index is 0.747. The molecule has 0 saturated heterocycles. The maximum atomic E-state index is 2.41. The van der Waals surface area contributed by atoms with Crippen LogP contribution in [0.2, 0.25) is 0 Å². The zero-order chi connectivity index (χ0) is 33.7. The van der Waals surface area contributed by atoms with E-state index in [4.69, 9.17) is 0 Å². The fourth-order valence-electron chi connectivity index (χ4n) is 6.86. The van der Waals surface area contributed by atoms with Crippen molar-refractivity contribution < 1.29 is 0 Å². The van der Waals surface area contributed by atoms with Crippen LogP contribution in [-0.4, -0.2) is 7.05 Å². The number of hydrogen-bond acceptors (Lipinski definition) is 2.